The van der Waals surface area contributed by atoms with Crippen LogP contribution in [0.2, 0.25) is 0 Å². The van der Waals surface area contributed by atoms with Crippen LogP contribution in [0.1, 0.15) is 30.4 Å². The maximum absolute atomic E-state index is 12.6. The molecule has 11 heteroatoms. The molecule has 4 rings (SSSR count). The molecular weight excluding hydrogens is 375 g/mol. The molecule has 0 radical (unpaired) electrons. The summed E-state index contributed by atoms with van der Waals surface area (Å²) in [5, 5.41) is 6.58. The summed E-state index contributed by atoms with van der Waals surface area (Å²) in [6.07, 6.45) is -2.24. The van der Waals surface area contributed by atoms with Crippen LogP contribution in [0, 0.1) is 6.92 Å². The number of halogens is 3. The van der Waals surface area contributed by atoms with E-state index in [9.17, 15) is 13.2 Å². The SMILES string of the molecule is Cc1nc(N2CCCC2)cc(N2CCN(Cc3nnc(C(F)(F)F)o3)CC2)n1. The maximum atomic E-state index is 12.6. The van der Waals surface area contributed by atoms with Gasteiger partial charge in [0.1, 0.15) is 17.5 Å². The third kappa shape index (κ3) is 4.18. The summed E-state index contributed by atoms with van der Waals surface area (Å²) < 4.78 is 42.4. The molecule has 2 fully saturated rings. The summed E-state index contributed by atoms with van der Waals surface area (Å²) in [6.45, 7) is 6.93. The van der Waals surface area contributed by atoms with Crippen LogP contribution in [0.25, 0.3) is 0 Å². The number of nitrogens with zero attached hydrogens (tertiary/aromatic N) is 7. The quantitative estimate of drug-likeness (QED) is 0.777. The Morgan fingerprint density at radius 1 is 0.929 bits per heavy atom. The molecule has 2 aromatic rings. The monoisotopic (exact) mass is 397 g/mol. The largest absolute Gasteiger partial charge is 0.470 e. The normalized spacial score (nSPS) is 18.9. The number of aryl methyl sites for hydroxylation is 1. The van der Waals surface area contributed by atoms with Crippen LogP contribution >= 0.6 is 0 Å². The summed E-state index contributed by atoms with van der Waals surface area (Å²) in [7, 11) is 0. The van der Waals surface area contributed by atoms with E-state index in [2.05, 4.69) is 30.0 Å². The van der Waals surface area contributed by atoms with Crippen molar-refractivity contribution in [3.05, 3.63) is 23.7 Å². The molecule has 0 aliphatic carbocycles. The second-order valence-electron chi connectivity index (χ2n) is 7.09. The van der Waals surface area contributed by atoms with Crippen LogP contribution in [-0.2, 0) is 12.7 Å². The van der Waals surface area contributed by atoms with Gasteiger partial charge in [-0.15, -0.1) is 10.2 Å². The van der Waals surface area contributed by atoms with Crippen molar-refractivity contribution in [2.75, 3.05) is 49.1 Å². The van der Waals surface area contributed by atoms with E-state index in [-0.39, 0.29) is 12.4 Å². The molecule has 8 nitrogen and oxygen atoms in total. The predicted octanol–water partition coefficient (Wildman–Crippen LogP) is 2.11. The van der Waals surface area contributed by atoms with Gasteiger partial charge in [0.2, 0.25) is 5.89 Å². The third-order valence-corrected chi connectivity index (χ3v) is 5.01. The van der Waals surface area contributed by atoms with E-state index >= 15 is 0 Å². The average molecular weight is 397 g/mol. The lowest BCUT2D eigenvalue weighted by atomic mass is 10.3. The van der Waals surface area contributed by atoms with Crippen molar-refractivity contribution >= 4 is 11.6 Å². The molecule has 28 heavy (non-hydrogen) atoms. The van der Waals surface area contributed by atoms with Gasteiger partial charge in [0.05, 0.1) is 6.54 Å². The Morgan fingerprint density at radius 2 is 1.54 bits per heavy atom. The highest BCUT2D eigenvalue weighted by Gasteiger charge is 2.38. The first-order valence-electron chi connectivity index (χ1n) is 9.36. The number of rotatable bonds is 4. The van der Waals surface area contributed by atoms with E-state index in [4.69, 9.17) is 4.42 Å². The van der Waals surface area contributed by atoms with Gasteiger partial charge in [-0.1, -0.05) is 0 Å². The predicted molar refractivity (Wildman–Crippen MR) is 95.0 cm³/mol. The fourth-order valence-electron chi connectivity index (χ4n) is 3.57. The van der Waals surface area contributed by atoms with Crippen LogP contribution < -0.4 is 9.80 Å². The topological polar surface area (TPSA) is 74.4 Å². The number of hydrogen-bond donors (Lipinski definition) is 0. The highest BCUT2D eigenvalue weighted by atomic mass is 19.4. The molecule has 2 aliphatic rings. The molecule has 2 aliphatic heterocycles. The second kappa shape index (κ2) is 7.53. The van der Waals surface area contributed by atoms with Crippen molar-refractivity contribution in [3.63, 3.8) is 0 Å². The molecule has 0 N–H and O–H groups in total. The summed E-state index contributed by atoms with van der Waals surface area (Å²) in [4.78, 5) is 15.6. The Kier molecular flexibility index (Phi) is 5.09. The van der Waals surface area contributed by atoms with E-state index in [1.165, 1.54) is 12.8 Å². The average Bonchev–Trinajstić information content (AvgIpc) is 3.33. The molecule has 2 saturated heterocycles. The maximum Gasteiger partial charge on any atom is 0.470 e. The molecular formula is C17H22F3N7O. The van der Waals surface area contributed by atoms with Crippen molar-refractivity contribution in [3.8, 4) is 0 Å². The molecule has 0 bridgehead atoms. The lowest BCUT2D eigenvalue weighted by molar-refractivity contribution is -0.157. The Hall–Kier alpha value is -2.43. The van der Waals surface area contributed by atoms with Gasteiger partial charge in [-0.3, -0.25) is 4.90 Å². The lowest BCUT2D eigenvalue weighted by Gasteiger charge is -2.35. The van der Waals surface area contributed by atoms with E-state index in [0.717, 1.165) is 43.6 Å². The number of hydrogen-bond acceptors (Lipinski definition) is 8. The molecule has 2 aromatic heterocycles. The minimum Gasteiger partial charge on any atom is -0.416 e. The molecule has 0 atom stereocenters. The molecule has 4 heterocycles. The highest BCUT2D eigenvalue weighted by molar-refractivity contribution is 5.51. The first-order valence-corrected chi connectivity index (χ1v) is 9.36. The van der Waals surface area contributed by atoms with Gasteiger partial charge in [-0.25, -0.2) is 9.97 Å². The first-order chi connectivity index (χ1) is 13.4. The van der Waals surface area contributed by atoms with Gasteiger partial charge in [-0.2, -0.15) is 13.2 Å². The standard InChI is InChI=1S/C17H22F3N7O/c1-12-21-13(26-4-2-3-5-26)10-14(22-12)27-8-6-25(7-9-27)11-15-23-24-16(28-15)17(18,19)20/h10H,2-9,11H2,1H3. The van der Waals surface area contributed by atoms with Gasteiger partial charge in [0, 0.05) is 45.3 Å². The van der Waals surface area contributed by atoms with Gasteiger partial charge >= 0.3 is 12.1 Å². The third-order valence-electron chi connectivity index (χ3n) is 5.01. The molecule has 152 valence electrons. The van der Waals surface area contributed by atoms with Crippen molar-refractivity contribution < 1.29 is 17.6 Å². The zero-order chi connectivity index (χ0) is 19.7. The molecule has 0 spiro atoms. The summed E-state index contributed by atoms with van der Waals surface area (Å²) in [5.41, 5.74) is 0. The zero-order valence-corrected chi connectivity index (χ0v) is 15.6. The van der Waals surface area contributed by atoms with Crippen molar-refractivity contribution in [2.24, 2.45) is 0 Å². The highest BCUT2D eigenvalue weighted by Crippen LogP contribution is 2.28. The number of piperazine rings is 1. The second-order valence-corrected chi connectivity index (χ2v) is 7.09. The van der Waals surface area contributed by atoms with E-state index in [1.807, 2.05) is 17.9 Å². The Bertz CT molecular complexity index is 811. The molecule has 0 saturated carbocycles. The van der Waals surface area contributed by atoms with Crippen molar-refractivity contribution in [2.45, 2.75) is 32.5 Å². The molecule has 0 aromatic carbocycles. The smallest absolute Gasteiger partial charge is 0.416 e. The minimum atomic E-state index is -4.61. The van der Waals surface area contributed by atoms with Crippen LogP contribution in [0.3, 0.4) is 0 Å². The van der Waals surface area contributed by atoms with Crippen LogP contribution in [0.5, 0.6) is 0 Å². The van der Waals surface area contributed by atoms with Gasteiger partial charge in [0.15, 0.2) is 0 Å². The van der Waals surface area contributed by atoms with E-state index in [1.54, 1.807) is 0 Å². The number of aromatic nitrogens is 4. The van der Waals surface area contributed by atoms with Gasteiger partial charge < -0.3 is 14.2 Å². The molecule has 0 unspecified atom stereocenters. The Balaban J connectivity index is 1.37. The molecule has 0 amide bonds. The Morgan fingerprint density at radius 3 is 2.11 bits per heavy atom. The summed E-state index contributed by atoms with van der Waals surface area (Å²) >= 11 is 0. The van der Waals surface area contributed by atoms with Crippen molar-refractivity contribution in [1.29, 1.82) is 0 Å². The van der Waals surface area contributed by atoms with Crippen LogP contribution in [-0.4, -0.2) is 64.3 Å². The minimum absolute atomic E-state index is 0.0185. The lowest BCUT2D eigenvalue weighted by Crippen LogP contribution is -2.46. The Labute approximate surface area is 160 Å². The summed E-state index contributed by atoms with van der Waals surface area (Å²) in [6, 6.07) is 2.03. The van der Waals surface area contributed by atoms with Gasteiger partial charge in [0.25, 0.3) is 0 Å². The first kappa shape index (κ1) is 18.9. The number of alkyl halides is 3. The van der Waals surface area contributed by atoms with Crippen molar-refractivity contribution in [1.82, 2.24) is 25.1 Å². The van der Waals surface area contributed by atoms with E-state index < -0.39 is 12.1 Å². The van der Waals surface area contributed by atoms with E-state index in [0.29, 0.717) is 13.1 Å². The zero-order valence-electron chi connectivity index (χ0n) is 15.6. The van der Waals surface area contributed by atoms with Gasteiger partial charge in [-0.05, 0) is 19.8 Å². The van der Waals surface area contributed by atoms with Crippen LogP contribution in [0.4, 0.5) is 24.8 Å². The fourth-order valence-corrected chi connectivity index (χ4v) is 3.57. The van der Waals surface area contributed by atoms with Crippen LogP contribution in [0.15, 0.2) is 10.5 Å². The number of anilines is 2. The summed E-state index contributed by atoms with van der Waals surface area (Å²) in [5.74, 6) is 1.29. The fraction of sp³-hybridized carbons (Fsp3) is 0.647.